The second kappa shape index (κ2) is 6.37. The van der Waals surface area contributed by atoms with Gasteiger partial charge in [0.1, 0.15) is 0 Å². The topological polar surface area (TPSA) is 43.1 Å². The molecule has 0 bridgehead atoms. The summed E-state index contributed by atoms with van der Waals surface area (Å²) in [6, 6.07) is 12.5. The van der Waals surface area contributed by atoms with Crippen LogP contribution < -0.4 is 0 Å². The number of hydrogen-bond donors (Lipinski definition) is 0. The maximum atomic E-state index is 10.6. The Bertz CT molecular complexity index is 628. The van der Waals surface area contributed by atoms with Crippen LogP contribution in [0.15, 0.2) is 46.9 Å². The van der Waals surface area contributed by atoms with Crippen molar-refractivity contribution in [1.29, 1.82) is 0 Å². The predicted octanol–water partition coefficient (Wildman–Crippen LogP) is 5.19. The van der Waals surface area contributed by atoms with E-state index in [9.17, 15) is 10.1 Å². The number of nitro groups is 1. The molecule has 2 aromatic rings. The van der Waals surface area contributed by atoms with Gasteiger partial charge in [0.15, 0.2) is 0 Å². The summed E-state index contributed by atoms with van der Waals surface area (Å²) in [7, 11) is 0. The standard InChI is InChI=1S/C15H13BrClNO2/c1-10-3-2-4-13(15(10)16)14(17)9-11-5-7-12(8-6-11)18(19)20/h2-8,14H,9H2,1H3. The summed E-state index contributed by atoms with van der Waals surface area (Å²) in [5.74, 6) is 0. The van der Waals surface area contributed by atoms with E-state index in [0.717, 1.165) is 21.2 Å². The van der Waals surface area contributed by atoms with Gasteiger partial charge in [-0.25, -0.2) is 0 Å². The summed E-state index contributed by atoms with van der Waals surface area (Å²) in [6.07, 6.45) is 0.627. The van der Waals surface area contributed by atoms with Gasteiger partial charge in [-0.15, -0.1) is 11.6 Å². The van der Waals surface area contributed by atoms with E-state index in [1.54, 1.807) is 12.1 Å². The Balaban J connectivity index is 2.17. The molecule has 1 atom stereocenters. The summed E-state index contributed by atoms with van der Waals surface area (Å²) in [5, 5.41) is 10.4. The van der Waals surface area contributed by atoms with E-state index in [1.807, 2.05) is 25.1 Å². The van der Waals surface area contributed by atoms with E-state index in [2.05, 4.69) is 15.9 Å². The zero-order valence-electron chi connectivity index (χ0n) is 10.8. The molecule has 1 unspecified atom stereocenters. The van der Waals surface area contributed by atoms with Crippen LogP contribution in [0, 0.1) is 17.0 Å². The SMILES string of the molecule is Cc1cccc(C(Cl)Cc2ccc([N+](=O)[O-])cc2)c1Br. The van der Waals surface area contributed by atoms with E-state index in [4.69, 9.17) is 11.6 Å². The van der Waals surface area contributed by atoms with E-state index < -0.39 is 4.92 Å². The Morgan fingerprint density at radius 1 is 1.25 bits per heavy atom. The fraction of sp³-hybridized carbons (Fsp3) is 0.200. The molecule has 3 nitrogen and oxygen atoms in total. The van der Waals surface area contributed by atoms with Gasteiger partial charge in [-0.2, -0.15) is 0 Å². The third-order valence-electron chi connectivity index (χ3n) is 3.12. The lowest BCUT2D eigenvalue weighted by atomic mass is 10.0. The minimum Gasteiger partial charge on any atom is -0.258 e. The third-order valence-corrected chi connectivity index (χ3v) is 4.59. The molecule has 20 heavy (non-hydrogen) atoms. The first-order valence-corrected chi connectivity index (χ1v) is 7.34. The van der Waals surface area contributed by atoms with Gasteiger partial charge in [0.25, 0.3) is 5.69 Å². The molecule has 0 N–H and O–H groups in total. The molecule has 5 heteroatoms. The van der Waals surface area contributed by atoms with Gasteiger partial charge < -0.3 is 0 Å². The second-order valence-electron chi connectivity index (χ2n) is 4.57. The van der Waals surface area contributed by atoms with Gasteiger partial charge in [0, 0.05) is 16.6 Å². The molecule has 0 fully saturated rings. The lowest BCUT2D eigenvalue weighted by molar-refractivity contribution is -0.384. The molecule has 0 saturated carbocycles. The molecule has 0 amide bonds. The van der Waals surface area contributed by atoms with Crippen LogP contribution in [0.1, 0.15) is 22.1 Å². The smallest absolute Gasteiger partial charge is 0.258 e. The summed E-state index contributed by atoms with van der Waals surface area (Å²) in [6.45, 7) is 2.02. The molecule has 0 aliphatic rings. The summed E-state index contributed by atoms with van der Waals surface area (Å²) >= 11 is 10.0. The lowest BCUT2D eigenvalue weighted by Crippen LogP contribution is -1.98. The minimum absolute atomic E-state index is 0.0941. The van der Waals surface area contributed by atoms with Crippen LogP contribution in [0.2, 0.25) is 0 Å². The molecule has 0 spiro atoms. The Morgan fingerprint density at radius 2 is 1.90 bits per heavy atom. The average molecular weight is 355 g/mol. The normalized spacial score (nSPS) is 12.2. The average Bonchev–Trinajstić information content (AvgIpc) is 2.42. The maximum Gasteiger partial charge on any atom is 0.269 e. The van der Waals surface area contributed by atoms with E-state index in [-0.39, 0.29) is 11.1 Å². The van der Waals surface area contributed by atoms with Crippen molar-refractivity contribution < 1.29 is 4.92 Å². The first-order valence-electron chi connectivity index (χ1n) is 6.11. The molecule has 0 heterocycles. The highest BCUT2D eigenvalue weighted by molar-refractivity contribution is 9.10. The summed E-state index contributed by atoms with van der Waals surface area (Å²) in [5.41, 5.74) is 3.24. The zero-order chi connectivity index (χ0) is 14.7. The molecule has 2 rings (SSSR count). The van der Waals surface area contributed by atoms with Gasteiger partial charge in [0.05, 0.1) is 10.3 Å². The molecular formula is C15H13BrClNO2. The van der Waals surface area contributed by atoms with Crippen LogP contribution >= 0.6 is 27.5 Å². The monoisotopic (exact) mass is 353 g/mol. The number of nitro benzene ring substituents is 1. The summed E-state index contributed by atoms with van der Waals surface area (Å²) < 4.78 is 1.02. The van der Waals surface area contributed by atoms with Crippen molar-refractivity contribution in [3.8, 4) is 0 Å². The maximum absolute atomic E-state index is 10.6. The molecule has 0 saturated heterocycles. The first-order chi connectivity index (χ1) is 9.49. The number of aryl methyl sites for hydroxylation is 1. The van der Waals surface area contributed by atoms with Crippen molar-refractivity contribution in [2.24, 2.45) is 0 Å². The Kier molecular flexibility index (Phi) is 4.78. The Morgan fingerprint density at radius 3 is 2.50 bits per heavy atom. The van der Waals surface area contributed by atoms with Gasteiger partial charge >= 0.3 is 0 Å². The number of rotatable bonds is 4. The molecule has 104 valence electrons. The number of nitrogens with zero attached hydrogens (tertiary/aromatic N) is 1. The first kappa shape index (κ1) is 15.0. The van der Waals surface area contributed by atoms with E-state index >= 15 is 0 Å². The van der Waals surface area contributed by atoms with Crippen molar-refractivity contribution >= 4 is 33.2 Å². The number of halogens is 2. The Hall–Kier alpha value is -1.39. The van der Waals surface area contributed by atoms with Crippen LogP contribution in [0.25, 0.3) is 0 Å². The number of hydrogen-bond acceptors (Lipinski definition) is 2. The lowest BCUT2D eigenvalue weighted by Gasteiger charge is -2.13. The fourth-order valence-corrected chi connectivity index (χ4v) is 3.02. The fourth-order valence-electron chi connectivity index (χ4n) is 1.98. The number of non-ortho nitro benzene ring substituents is 1. The largest absolute Gasteiger partial charge is 0.269 e. The van der Waals surface area contributed by atoms with Gasteiger partial charge in [-0.3, -0.25) is 10.1 Å². The van der Waals surface area contributed by atoms with Crippen molar-refractivity contribution in [2.75, 3.05) is 0 Å². The van der Waals surface area contributed by atoms with Crippen LogP contribution in [-0.2, 0) is 6.42 Å². The zero-order valence-corrected chi connectivity index (χ0v) is 13.2. The van der Waals surface area contributed by atoms with Crippen LogP contribution in [-0.4, -0.2) is 4.92 Å². The molecule has 0 radical (unpaired) electrons. The van der Waals surface area contributed by atoms with Crippen LogP contribution in [0.3, 0.4) is 0 Å². The summed E-state index contributed by atoms with van der Waals surface area (Å²) in [4.78, 5) is 10.2. The third kappa shape index (κ3) is 3.38. The number of alkyl halides is 1. The minimum atomic E-state index is -0.404. The van der Waals surface area contributed by atoms with Crippen molar-refractivity contribution in [1.82, 2.24) is 0 Å². The second-order valence-corrected chi connectivity index (χ2v) is 5.89. The molecule has 0 aliphatic carbocycles. The van der Waals surface area contributed by atoms with Gasteiger partial charge in [-0.1, -0.05) is 46.3 Å². The Labute approximate surface area is 130 Å². The van der Waals surface area contributed by atoms with Crippen molar-refractivity contribution in [3.63, 3.8) is 0 Å². The van der Waals surface area contributed by atoms with Gasteiger partial charge in [-0.05, 0) is 30.0 Å². The van der Waals surface area contributed by atoms with Crippen molar-refractivity contribution in [3.05, 3.63) is 73.7 Å². The highest BCUT2D eigenvalue weighted by Crippen LogP contribution is 2.33. The van der Waals surface area contributed by atoms with Crippen molar-refractivity contribution in [2.45, 2.75) is 18.7 Å². The van der Waals surface area contributed by atoms with Crippen LogP contribution in [0.5, 0.6) is 0 Å². The van der Waals surface area contributed by atoms with Crippen LogP contribution in [0.4, 0.5) is 5.69 Å². The van der Waals surface area contributed by atoms with Gasteiger partial charge in [0.2, 0.25) is 0 Å². The predicted molar refractivity (Wildman–Crippen MR) is 84.3 cm³/mol. The molecule has 0 aromatic heterocycles. The molecule has 0 aliphatic heterocycles. The molecular weight excluding hydrogens is 342 g/mol. The van der Waals surface area contributed by atoms with E-state index in [1.165, 1.54) is 12.1 Å². The number of benzene rings is 2. The van der Waals surface area contributed by atoms with E-state index in [0.29, 0.717) is 6.42 Å². The quantitative estimate of drug-likeness (QED) is 0.431. The molecule has 2 aromatic carbocycles. The highest BCUT2D eigenvalue weighted by Gasteiger charge is 2.14. The highest BCUT2D eigenvalue weighted by atomic mass is 79.9.